The van der Waals surface area contributed by atoms with Gasteiger partial charge >= 0.3 is 13.2 Å². The Balaban J connectivity index is 1.52. The summed E-state index contributed by atoms with van der Waals surface area (Å²) >= 11 is 6.76. The standard InChI is InChI=1S/C26H35BClN3O5/c1-24(2,3)34-23(33)31-13-12-19-18(15-31)29-22(30(19)8)20(32)14-16-10-9-11-17(21(16)28)27-35-25(4,5)26(6,7)36-27/h9-11H,12-15H2,1-8H3. The van der Waals surface area contributed by atoms with Gasteiger partial charge in [0.1, 0.15) is 5.60 Å². The Morgan fingerprint density at radius 1 is 1.17 bits per heavy atom. The molecule has 0 spiro atoms. The molecule has 36 heavy (non-hydrogen) atoms. The number of rotatable bonds is 4. The fourth-order valence-electron chi connectivity index (χ4n) is 4.40. The maximum Gasteiger partial charge on any atom is 0.496 e. The number of fused-ring (bicyclic) bond motifs is 1. The highest BCUT2D eigenvalue weighted by atomic mass is 35.5. The third-order valence-electron chi connectivity index (χ3n) is 7.12. The van der Waals surface area contributed by atoms with Crippen LogP contribution in [0.3, 0.4) is 0 Å². The van der Waals surface area contributed by atoms with E-state index in [0.29, 0.717) is 41.4 Å². The zero-order valence-corrected chi connectivity index (χ0v) is 23.2. The van der Waals surface area contributed by atoms with Gasteiger partial charge in [-0.05, 0) is 54.0 Å². The van der Waals surface area contributed by atoms with Crippen LogP contribution in [0.5, 0.6) is 0 Å². The van der Waals surface area contributed by atoms with Gasteiger partial charge in [0.15, 0.2) is 5.82 Å². The Morgan fingerprint density at radius 3 is 2.42 bits per heavy atom. The quantitative estimate of drug-likeness (QED) is 0.450. The second-order valence-corrected chi connectivity index (χ2v) is 11.9. The van der Waals surface area contributed by atoms with E-state index in [1.807, 2.05) is 78.3 Å². The lowest BCUT2D eigenvalue weighted by Crippen LogP contribution is -2.41. The Kier molecular flexibility index (Phi) is 6.82. The number of benzene rings is 1. The van der Waals surface area contributed by atoms with Crippen LogP contribution in [-0.4, -0.2) is 56.8 Å². The normalized spacial score (nSPS) is 18.8. The predicted octanol–water partition coefficient (Wildman–Crippen LogP) is 4.09. The van der Waals surface area contributed by atoms with Gasteiger partial charge in [0, 0.05) is 42.6 Å². The number of aromatic nitrogens is 2. The van der Waals surface area contributed by atoms with Crippen molar-refractivity contribution in [2.24, 2.45) is 7.05 Å². The summed E-state index contributed by atoms with van der Waals surface area (Å²) in [4.78, 5) is 32.1. The summed E-state index contributed by atoms with van der Waals surface area (Å²) in [6.07, 6.45) is 0.313. The molecule has 0 saturated carbocycles. The molecular formula is C26H35BClN3O5. The first-order valence-electron chi connectivity index (χ1n) is 12.3. The van der Waals surface area contributed by atoms with Gasteiger partial charge in [-0.15, -0.1) is 0 Å². The molecule has 2 aliphatic heterocycles. The first-order valence-corrected chi connectivity index (χ1v) is 12.7. The Labute approximate surface area is 218 Å². The van der Waals surface area contributed by atoms with Crippen molar-refractivity contribution in [1.82, 2.24) is 14.5 Å². The monoisotopic (exact) mass is 515 g/mol. The maximum atomic E-state index is 13.3. The van der Waals surface area contributed by atoms with Crippen LogP contribution in [0.2, 0.25) is 5.02 Å². The summed E-state index contributed by atoms with van der Waals surface area (Å²) in [6, 6.07) is 5.56. The largest absolute Gasteiger partial charge is 0.496 e. The molecule has 10 heteroatoms. The van der Waals surface area contributed by atoms with Gasteiger partial charge in [0.05, 0.1) is 23.4 Å². The molecule has 3 heterocycles. The average molecular weight is 516 g/mol. The molecule has 1 aromatic heterocycles. The van der Waals surface area contributed by atoms with Crippen molar-refractivity contribution in [3.05, 3.63) is 46.0 Å². The van der Waals surface area contributed by atoms with Crippen molar-refractivity contribution >= 4 is 36.1 Å². The first kappa shape index (κ1) is 26.7. The summed E-state index contributed by atoms with van der Waals surface area (Å²) < 4.78 is 19.6. The van der Waals surface area contributed by atoms with Crippen LogP contribution in [-0.2, 0) is 40.5 Å². The predicted molar refractivity (Wildman–Crippen MR) is 139 cm³/mol. The highest BCUT2D eigenvalue weighted by Crippen LogP contribution is 2.37. The fraction of sp³-hybridized carbons (Fsp3) is 0.577. The number of ether oxygens (including phenoxy) is 1. The van der Waals surface area contributed by atoms with Crippen LogP contribution in [0, 0.1) is 0 Å². The van der Waals surface area contributed by atoms with Crippen LogP contribution < -0.4 is 5.46 Å². The van der Waals surface area contributed by atoms with Crippen molar-refractivity contribution in [3.8, 4) is 0 Å². The lowest BCUT2D eigenvalue weighted by molar-refractivity contribution is 0.00578. The van der Waals surface area contributed by atoms with Crippen molar-refractivity contribution in [3.63, 3.8) is 0 Å². The van der Waals surface area contributed by atoms with E-state index < -0.39 is 23.9 Å². The Morgan fingerprint density at radius 2 is 1.81 bits per heavy atom. The number of halogens is 1. The first-order chi connectivity index (χ1) is 16.6. The van der Waals surface area contributed by atoms with Gasteiger partial charge in [-0.2, -0.15) is 0 Å². The van der Waals surface area contributed by atoms with E-state index in [0.717, 1.165) is 11.4 Å². The molecule has 0 aliphatic carbocycles. The molecule has 0 N–H and O–H groups in total. The second kappa shape index (κ2) is 9.19. The molecule has 4 rings (SSSR count). The van der Waals surface area contributed by atoms with Gasteiger partial charge in [-0.3, -0.25) is 4.79 Å². The molecule has 0 bridgehead atoms. The smallest absolute Gasteiger partial charge is 0.444 e. The molecule has 0 atom stereocenters. The van der Waals surface area contributed by atoms with E-state index in [-0.39, 0.29) is 18.3 Å². The summed E-state index contributed by atoms with van der Waals surface area (Å²) in [7, 11) is 1.22. The van der Waals surface area contributed by atoms with E-state index in [1.54, 1.807) is 4.90 Å². The summed E-state index contributed by atoms with van der Waals surface area (Å²) in [5, 5.41) is 0.458. The van der Waals surface area contributed by atoms with Crippen molar-refractivity contribution in [2.75, 3.05) is 6.54 Å². The fourth-order valence-corrected chi connectivity index (χ4v) is 4.68. The van der Waals surface area contributed by atoms with E-state index in [1.165, 1.54) is 0 Å². The number of amides is 1. The number of imidazole rings is 1. The Bertz CT molecular complexity index is 1180. The lowest BCUT2D eigenvalue weighted by Gasteiger charge is -2.32. The number of ketones is 1. The van der Waals surface area contributed by atoms with Gasteiger partial charge < -0.3 is 23.5 Å². The minimum Gasteiger partial charge on any atom is -0.444 e. The van der Waals surface area contributed by atoms with E-state index in [2.05, 4.69) is 4.98 Å². The molecule has 8 nitrogen and oxygen atoms in total. The third kappa shape index (κ3) is 5.06. The summed E-state index contributed by atoms with van der Waals surface area (Å²) in [5.41, 5.74) is 1.50. The topological polar surface area (TPSA) is 82.9 Å². The van der Waals surface area contributed by atoms with E-state index >= 15 is 0 Å². The number of carbonyl (C=O) groups excluding carboxylic acids is 2. The van der Waals surface area contributed by atoms with Gasteiger partial charge in [-0.25, -0.2) is 9.78 Å². The van der Waals surface area contributed by atoms with Crippen LogP contribution in [0.1, 0.15) is 76.0 Å². The minimum atomic E-state index is -0.614. The molecule has 1 amide bonds. The molecule has 1 fully saturated rings. The Hall–Kier alpha value is -2.36. The second-order valence-electron chi connectivity index (χ2n) is 11.5. The highest BCUT2D eigenvalue weighted by Gasteiger charge is 2.52. The maximum absolute atomic E-state index is 13.3. The highest BCUT2D eigenvalue weighted by molar-refractivity contribution is 6.65. The van der Waals surface area contributed by atoms with Crippen molar-refractivity contribution in [1.29, 1.82) is 0 Å². The van der Waals surface area contributed by atoms with E-state index in [4.69, 9.17) is 25.6 Å². The summed E-state index contributed by atoms with van der Waals surface area (Å²) in [6.45, 7) is 14.3. The van der Waals surface area contributed by atoms with Crippen LogP contribution >= 0.6 is 11.6 Å². The number of hydrogen-bond acceptors (Lipinski definition) is 6. The number of Topliss-reactive ketones (excluding diaryl/α,β-unsaturated/α-hetero) is 1. The third-order valence-corrected chi connectivity index (χ3v) is 7.58. The lowest BCUT2D eigenvalue weighted by atomic mass is 9.78. The molecule has 2 aliphatic rings. The SMILES string of the molecule is Cn1c(C(=O)Cc2cccc(B3OC(C)(C)C(C)(C)O3)c2Cl)nc2c1CCN(C(=O)OC(C)(C)C)C2. The molecule has 0 unspecified atom stereocenters. The van der Waals surface area contributed by atoms with E-state index in [9.17, 15) is 9.59 Å². The van der Waals surface area contributed by atoms with Crippen LogP contribution in [0.25, 0.3) is 0 Å². The number of nitrogens with zero attached hydrogens (tertiary/aromatic N) is 3. The zero-order valence-electron chi connectivity index (χ0n) is 22.4. The molecule has 1 aromatic carbocycles. The van der Waals surface area contributed by atoms with Crippen LogP contribution in [0.15, 0.2) is 18.2 Å². The molecule has 1 saturated heterocycles. The van der Waals surface area contributed by atoms with Crippen molar-refractivity contribution in [2.45, 2.75) is 84.7 Å². The summed E-state index contributed by atoms with van der Waals surface area (Å²) in [5.74, 6) is 0.201. The average Bonchev–Trinajstić information content (AvgIpc) is 3.20. The number of carbonyl (C=O) groups is 2. The molecule has 194 valence electrons. The minimum absolute atomic E-state index is 0.0890. The van der Waals surface area contributed by atoms with Gasteiger partial charge in [-0.1, -0.05) is 29.8 Å². The van der Waals surface area contributed by atoms with Gasteiger partial charge in [0.25, 0.3) is 0 Å². The van der Waals surface area contributed by atoms with Crippen molar-refractivity contribution < 1.29 is 23.6 Å². The number of hydrogen-bond donors (Lipinski definition) is 0. The zero-order chi connectivity index (χ0) is 26.6. The van der Waals surface area contributed by atoms with Gasteiger partial charge in [0.2, 0.25) is 5.78 Å². The molecule has 0 radical (unpaired) electrons. The van der Waals surface area contributed by atoms with Crippen LogP contribution in [0.4, 0.5) is 4.79 Å². The molecular weight excluding hydrogens is 481 g/mol. The molecule has 2 aromatic rings.